The number of methoxy groups -OCH3 is 2. The van der Waals surface area contributed by atoms with Crippen LogP contribution in [-0.4, -0.2) is 30.6 Å². The standard InChI is InChI=1S/C16H21BrN2O2/c1-10(9-17)11(2)19-16-13-8-15(21-4)14(20-3)7-12(13)5-6-18-16/h5-8,10-11H,9H2,1-4H3,(H,18,19). The second-order valence-corrected chi connectivity index (χ2v) is 5.80. The molecule has 2 unspecified atom stereocenters. The molecule has 0 spiro atoms. The van der Waals surface area contributed by atoms with Gasteiger partial charge in [0.15, 0.2) is 11.5 Å². The van der Waals surface area contributed by atoms with Crippen molar-refractivity contribution in [3.8, 4) is 11.5 Å². The minimum Gasteiger partial charge on any atom is -0.493 e. The Kier molecular flexibility index (Phi) is 5.28. The van der Waals surface area contributed by atoms with Gasteiger partial charge in [0.1, 0.15) is 5.82 Å². The van der Waals surface area contributed by atoms with E-state index < -0.39 is 0 Å². The largest absolute Gasteiger partial charge is 0.493 e. The number of rotatable bonds is 6. The van der Waals surface area contributed by atoms with Crippen molar-refractivity contribution in [3.05, 3.63) is 24.4 Å². The Hall–Kier alpha value is -1.49. The zero-order chi connectivity index (χ0) is 15.4. The molecule has 1 aromatic carbocycles. The first-order valence-corrected chi connectivity index (χ1v) is 8.06. The summed E-state index contributed by atoms with van der Waals surface area (Å²) >= 11 is 3.52. The van der Waals surface area contributed by atoms with Crippen LogP contribution in [0.15, 0.2) is 24.4 Å². The van der Waals surface area contributed by atoms with E-state index in [4.69, 9.17) is 9.47 Å². The van der Waals surface area contributed by atoms with Crippen LogP contribution in [0.2, 0.25) is 0 Å². The lowest BCUT2D eigenvalue weighted by Crippen LogP contribution is -2.25. The quantitative estimate of drug-likeness (QED) is 0.795. The van der Waals surface area contributed by atoms with Crippen LogP contribution < -0.4 is 14.8 Å². The summed E-state index contributed by atoms with van der Waals surface area (Å²) in [5.41, 5.74) is 0. The highest BCUT2D eigenvalue weighted by Gasteiger charge is 2.14. The van der Waals surface area contributed by atoms with Crippen molar-refractivity contribution in [3.63, 3.8) is 0 Å². The van der Waals surface area contributed by atoms with Crippen molar-refractivity contribution in [1.82, 2.24) is 4.98 Å². The normalized spacial score (nSPS) is 13.8. The number of alkyl halides is 1. The van der Waals surface area contributed by atoms with Gasteiger partial charge in [0.2, 0.25) is 0 Å². The van der Waals surface area contributed by atoms with Crippen LogP contribution in [-0.2, 0) is 0 Å². The Morgan fingerprint density at radius 2 is 1.86 bits per heavy atom. The molecular formula is C16H21BrN2O2. The Labute approximate surface area is 134 Å². The third-order valence-electron chi connectivity index (χ3n) is 3.73. The average molecular weight is 353 g/mol. The number of pyridine rings is 1. The van der Waals surface area contributed by atoms with E-state index in [1.54, 1.807) is 14.2 Å². The van der Waals surface area contributed by atoms with Crippen molar-refractivity contribution >= 4 is 32.5 Å². The number of halogens is 1. The predicted octanol–water partition coefficient (Wildman–Crippen LogP) is 4.08. The fourth-order valence-electron chi connectivity index (χ4n) is 2.11. The number of aromatic nitrogens is 1. The van der Waals surface area contributed by atoms with E-state index in [2.05, 4.69) is 40.1 Å². The molecule has 0 aliphatic carbocycles. The van der Waals surface area contributed by atoms with E-state index >= 15 is 0 Å². The minimum atomic E-state index is 0.315. The van der Waals surface area contributed by atoms with Crippen LogP contribution in [0.25, 0.3) is 10.8 Å². The summed E-state index contributed by atoms with van der Waals surface area (Å²) in [6.07, 6.45) is 1.81. The van der Waals surface area contributed by atoms with Crippen LogP contribution in [0.5, 0.6) is 11.5 Å². The van der Waals surface area contributed by atoms with Crippen molar-refractivity contribution in [1.29, 1.82) is 0 Å². The van der Waals surface area contributed by atoms with Gasteiger partial charge in [0, 0.05) is 23.0 Å². The van der Waals surface area contributed by atoms with Gasteiger partial charge in [-0.25, -0.2) is 4.98 Å². The molecule has 1 aromatic heterocycles. The summed E-state index contributed by atoms with van der Waals surface area (Å²) in [6.45, 7) is 4.36. The SMILES string of the molecule is COc1cc2ccnc(NC(C)C(C)CBr)c2cc1OC. The highest BCUT2D eigenvalue weighted by Crippen LogP contribution is 2.34. The van der Waals surface area contributed by atoms with Crippen molar-refractivity contribution < 1.29 is 9.47 Å². The number of fused-ring (bicyclic) bond motifs is 1. The molecule has 1 N–H and O–H groups in total. The van der Waals surface area contributed by atoms with Gasteiger partial charge in [-0.3, -0.25) is 0 Å². The maximum absolute atomic E-state index is 5.38. The number of benzene rings is 1. The summed E-state index contributed by atoms with van der Waals surface area (Å²) in [5, 5.41) is 6.54. The van der Waals surface area contributed by atoms with Crippen molar-refractivity contribution in [2.45, 2.75) is 19.9 Å². The van der Waals surface area contributed by atoms with Gasteiger partial charge in [0.05, 0.1) is 14.2 Å². The molecule has 4 nitrogen and oxygen atoms in total. The van der Waals surface area contributed by atoms with E-state index in [0.717, 1.165) is 27.7 Å². The zero-order valence-corrected chi connectivity index (χ0v) is 14.4. The molecule has 0 radical (unpaired) electrons. The molecule has 0 bridgehead atoms. The molecule has 0 saturated heterocycles. The Bertz CT molecular complexity index is 618. The van der Waals surface area contributed by atoms with Crippen molar-refractivity contribution in [2.75, 3.05) is 24.9 Å². The van der Waals surface area contributed by atoms with Crippen LogP contribution in [0.3, 0.4) is 0 Å². The number of hydrogen-bond acceptors (Lipinski definition) is 4. The Morgan fingerprint density at radius 3 is 2.48 bits per heavy atom. The maximum atomic E-state index is 5.38. The van der Waals surface area contributed by atoms with Gasteiger partial charge < -0.3 is 14.8 Å². The summed E-state index contributed by atoms with van der Waals surface area (Å²) < 4.78 is 10.7. The van der Waals surface area contributed by atoms with Gasteiger partial charge in [-0.15, -0.1) is 0 Å². The molecule has 114 valence electrons. The molecule has 2 rings (SSSR count). The van der Waals surface area contributed by atoms with E-state index in [1.807, 2.05) is 24.4 Å². The molecule has 0 fully saturated rings. The Balaban J connectivity index is 2.45. The number of hydrogen-bond donors (Lipinski definition) is 1. The third kappa shape index (κ3) is 3.40. The molecule has 0 saturated carbocycles. The van der Waals surface area contributed by atoms with Crippen LogP contribution in [0.4, 0.5) is 5.82 Å². The highest BCUT2D eigenvalue weighted by molar-refractivity contribution is 9.09. The molecule has 21 heavy (non-hydrogen) atoms. The topological polar surface area (TPSA) is 43.4 Å². The first-order chi connectivity index (χ1) is 10.1. The number of anilines is 1. The fraction of sp³-hybridized carbons (Fsp3) is 0.438. The van der Waals surface area contributed by atoms with E-state index in [9.17, 15) is 0 Å². The van der Waals surface area contributed by atoms with Crippen molar-refractivity contribution in [2.24, 2.45) is 5.92 Å². The fourth-order valence-corrected chi connectivity index (χ4v) is 2.67. The van der Waals surface area contributed by atoms with Crippen LogP contribution in [0.1, 0.15) is 13.8 Å². The van der Waals surface area contributed by atoms with Gasteiger partial charge in [-0.1, -0.05) is 22.9 Å². The molecule has 0 amide bonds. The molecule has 0 aliphatic rings. The van der Waals surface area contributed by atoms with Crippen LogP contribution >= 0.6 is 15.9 Å². The number of ether oxygens (including phenoxy) is 2. The molecule has 0 aliphatic heterocycles. The van der Waals surface area contributed by atoms with Gasteiger partial charge in [0.25, 0.3) is 0 Å². The lowest BCUT2D eigenvalue weighted by Gasteiger charge is -2.21. The second kappa shape index (κ2) is 6.98. The van der Waals surface area contributed by atoms with E-state index in [-0.39, 0.29) is 0 Å². The predicted molar refractivity (Wildman–Crippen MR) is 90.9 cm³/mol. The molecule has 5 heteroatoms. The summed E-state index contributed by atoms with van der Waals surface area (Å²) in [4.78, 5) is 4.47. The van der Waals surface area contributed by atoms with E-state index in [1.165, 1.54) is 0 Å². The van der Waals surface area contributed by atoms with Gasteiger partial charge >= 0.3 is 0 Å². The maximum Gasteiger partial charge on any atom is 0.161 e. The number of nitrogens with one attached hydrogen (secondary N) is 1. The second-order valence-electron chi connectivity index (χ2n) is 5.15. The minimum absolute atomic E-state index is 0.315. The summed E-state index contributed by atoms with van der Waals surface area (Å²) in [6, 6.07) is 6.23. The average Bonchev–Trinajstić information content (AvgIpc) is 2.52. The molecule has 2 atom stereocenters. The first kappa shape index (κ1) is 15.9. The molecule has 2 aromatic rings. The smallest absolute Gasteiger partial charge is 0.161 e. The summed E-state index contributed by atoms with van der Waals surface area (Å²) in [7, 11) is 3.28. The first-order valence-electron chi connectivity index (χ1n) is 6.94. The lowest BCUT2D eigenvalue weighted by molar-refractivity contribution is 0.356. The van der Waals surface area contributed by atoms with Crippen LogP contribution in [0, 0.1) is 5.92 Å². The summed E-state index contributed by atoms with van der Waals surface area (Å²) in [5.74, 6) is 2.81. The number of nitrogens with zero attached hydrogens (tertiary/aromatic N) is 1. The third-order valence-corrected chi connectivity index (χ3v) is 4.75. The Morgan fingerprint density at radius 1 is 1.19 bits per heavy atom. The zero-order valence-electron chi connectivity index (χ0n) is 12.8. The lowest BCUT2D eigenvalue weighted by atomic mass is 10.1. The van der Waals surface area contributed by atoms with E-state index in [0.29, 0.717) is 17.7 Å². The monoisotopic (exact) mass is 352 g/mol. The molecular weight excluding hydrogens is 332 g/mol. The highest BCUT2D eigenvalue weighted by atomic mass is 79.9. The molecule has 1 heterocycles. The van der Waals surface area contributed by atoms with Gasteiger partial charge in [-0.05, 0) is 36.4 Å². The van der Waals surface area contributed by atoms with Gasteiger partial charge in [-0.2, -0.15) is 0 Å².